The molecule has 2 rings (SSSR count). The van der Waals surface area contributed by atoms with Crippen LogP contribution < -0.4 is 10.6 Å². The van der Waals surface area contributed by atoms with Crippen molar-refractivity contribution in [2.75, 3.05) is 6.61 Å². The maximum absolute atomic E-state index is 13.4. The van der Waals surface area contributed by atoms with Gasteiger partial charge in [-0.25, -0.2) is 9.18 Å². The second-order valence-electron chi connectivity index (χ2n) is 5.12. The van der Waals surface area contributed by atoms with E-state index in [9.17, 15) is 32.3 Å². The number of carbonyl (C=O) groups is 2. The number of esters is 1. The van der Waals surface area contributed by atoms with E-state index in [1.54, 1.807) is 0 Å². The van der Waals surface area contributed by atoms with Crippen molar-refractivity contribution in [3.8, 4) is 0 Å². The lowest BCUT2D eigenvalue weighted by Gasteiger charge is -2.44. The fraction of sp³-hybridized carbons (Fsp3) is 0.429. The predicted octanol–water partition coefficient (Wildman–Crippen LogP) is 1.61. The number of rotatable bonds is 3. The highest BCUT2D eigenvalue weighted by molar-refractivity contribution is 5.83. The molecule has 2 amide bonds. The Morgan fingerprint density at radius 1 is 1.42 bits per heavy atom. The van der Waals surface area contributed by atoms with Crippen molar-refractivity contribution in [1.82, 2.24) is 10.6 Å². The minimum absolute atomic E-state index is 0.120. The van der Waals surface area contributed by atoms with Crippen molar-refractivity contribution in [2.24, 2.45) is 5.92 Å². The molecule has 6 nitrogen and oxygen atoms in total. The number of hydrogen-bond acceptors (Lipinski definition) is 4. The van der Waals surface area contributed by atoms with Gasteiger partial charge in [0.2, 0.25) is 0 Å². The van der Waals surface area contributed by atoms with E-state index >= 15 is 0 Å². The van der Waals surface area contributed by atoms with Gasteiger partial charge >= 0.3 is 18.2 Å². The van der Waals surface area contributed by atoms with E-state index in [1.165, 1.54) is 24.4 Å². The molecule has 1 aromatic rings. The number of urea groups is 1. The number of aliphatic hydroxyl groups is 1. The summed E-state index contributed by atoms with van der Waals surface area (Å²) in [6.07, 6.45) is -5.37. The molecule has 24 heavy (non-hydrogen) atoms. The van der Waals surface area contributed by atoms with Crippen LogP contribution >= 0.6 is 0 Å². The molecule has 1 aromatic carbocycles. The molecule has 1 aliphatic rings. The smallest absolute Gasteiger partial charge is 0.437 e. The summed E-state index contributed by atoms with van der Waals surface area (Å²) in [5, 5.41) is 13.5. The van der Waals surface area contributed by atoms with Crippen molar-refractivity contribution < 1.29 is 37.0 Å². The molecule has 3 atom stereocenters. The summed E-state index contributed by atoms with van der Waals surface area (Å²) >= 11 is 0. The molecule has 1 aliphatic heterocycles. The van der Waals surface area contributed by atoms with E-state index in [-0.39, 0.29) is 12.2 Å². The lowest BCUT2D eigenvalue weighted by molar-refractivity contribution is -0.294. The number of hydrogen-bond donors (Lipinski definition) is 3. The van der Waals surface area contributed by atoms with Crippen molar-refractivity contribution >= 4 is 12.0 Å². The summed E-state index contributed by atoms with van der Waals surface area (Å²) in [5.41, 5.74) is -3.98. The molecule has 1 fully saturated rings. The first-order chi connectivity index (χ1) is 11.1. The standard InChI is InChI=1S/C14H14F4N2O4/c1-2-24-11(21)9-10(7-4-3-5-8(15)6-7)19-12(22)20-13(9,23)14(16,17)18/h3-6,9-10,23H,2H2,1H3,(H2,19,20,22)/t9-,10-,13+/m0/s1. The van der Waals surface area contributed by atoms with E-state index in [2.05, 4.69) is 10.1 Å². The molecule has 1 heterocycles. The van der Waals surface area contributed by atoms with Crippen LogP contribution in [-0.2, 0) is 9.53 Å². The van der Waals surface area contributed by atoms with E-state index < -0.39 is 41.7 Å². The molecule has 3 N–H and O–H groups in total. The number of halogens is 4. The summed E-state index contributed by atoms with van der Waals surface area (Å²) in [7, 11) is 0. The number of carbonyl (C=O) groups excluding carboxylic acids is 2. The Kier molecular flexibility index (Phi) is 4.70. The van der Waals surface area contributed by atoms with Gasteiger partial charge < -0.3 is 20.5 Å². The summed E-state index contributed by atoms with van der Waals surface area (Å²) in [6.45, 7) is 1.13. The predicted molar refractivity (Wildman–Crippen MR) is 71.9 cm³/mol. The van der Waals surface area contributed by atoms with Crippen LogP contribution in [0, 0.1) is 11.7 Å². The molecule has 10 heteroatoms. The van der Waals surface area contributed by atoms with Crippen LogP contribution in [0.3, 0.4) is 0 Å². The number of benzene rings is 1. The van der Waals surface area contributed by atoms with Crippen LogP contribution in [0.4, 0.5) is 22.4 Å². The molecule has 0 radical (unpaired) electrons. The normalized spacial score (nSPS) is 27.2. The number of nitrogens with one attached hydrogen (secondary N) is 2. The molecule has 0 bridgehead atoms. The van der Waals surface area contributed by atoms with E-state index in [0.29, 0.717) is 0 Å². The van der Waals surface area contributed by atoms with Gasteiger partial charge in [-0.05, 0) is 24.6 Å². The highest BCUT2D eigenvalue weighted by Crippen LogP contribution is 2.43. The summed E-state index contributed by atoms with van der Waals surface area (Å²) in [6, 6.07) is 1.33. The van der Waals surface area contributed by atoms with Crippen LogP contribution in [0.25, 0.3) is 0 Å². The van der Waals surface area contributed by atoms with Gasteiger partial charge in [0.05, 0.1) is 12.6 Å². The molecular weight excluding hydrogens is 336 g/mol. The third-order valence-electron chi connectivity index (χ3n) is 3.55. The van der Waals surface area contributed by atoms with E-state index in [4.69, 9.17) is 0 Å². The van der Waals surface area contributed by atoms with Gasteiger partial charge in [0.15, 0.2) is 0 Å². The maximum atomic E-state index is 13.4. The van der Waals surface area contributed by atoms with Gasteiger partial charge in [0, 0.05) is 0 Å². The van der Waals surface area contributed by atoms with Crippen LogP contribution in [0.5, 0.6) is 0 Å². The number of amides is 2. The molecule has 0 aromatic heterocycles. The topological polar surface area (TPSA) is 87.7 Å². The lowest BCUT2D eigenvalue weighted by atomic mass is 9.82. The first-order valence-electron chi connectivity index (χ1n) is 6.90. The van der Waals surface area contributed by atoms with Crippen LogP contribution in [-0.4, -0.2) is 35.6 Å². The van der Waals surface area contributed by atoms with Crippen molar-refractivity contribution in [1.29, 1.82) is 0 Å². The van der Waals surface area contributed by atoms with Crippen molar-refractivity contribution in [2.45, 2.75) is 24.9 Å². The molecule has 0 aliphatic carbocycles. The van der Waals surface area contributed by atoms with Crippen LogP contribution in [0.15, 0.2) is 24.3 Å². The minimum atomic E-state index is -5.37. The molecule has 1 saturated heterocycles. The Labute approximate surface area is 133 Å². The monoisotopic (exact) mass is 350 g/mol. The van der Waals surface area contributed by atoms with Gasteiger partial charge in [-0.3, -0.25) is 4.79 Å². The highest BCUT2D eigenvalue weighted by Gasteiger charge is 2.67. The number of ether oxygens (including phenoxy) is 1. The fourth-order valence-corrected chi connectivity index (χ4v) is 2.51. The largest absolute Gasteiger partial charge is 0.466 e. The van der Waals surface area contributed by atoms with Crippen molar-refractivity contribution in [3.63, 3.8) is 0 Å². The minimum Gasteiger partial charge on any atom is -0.466 e. The van der Waals surface area contributed by atoms with Crippen LogP contribution in [0.2, 0.25) is 0 Å². The second kappa shape index (κ2) is 6.27. The Bertz CT molecular complexity index is 652. The molecule has 0 unspecified atom stereocenters. The Hall–Kier alpha value is -2.36. The third-order valence-corrected chi connectivity index (χ3v) is 3.55. The zero-order valence-electron chi connectivity index (χ0n) is 12.4. The van der Waals surface area contributed by atoms with Gasteiger partial charge in [-0.1, -0.05) is 12.1 Å². The molecular formula is C14H14F4N2O4. The second-order valence-corrected chi connectivity index (χ2v) is 5.12. The van der Waals surface area contributed by atoms with Gasteiger partial charge in [-0.15, -0.1) is 0 Å². The zero-order valence-corrected chi connectivity index (χ0v) is 12.4. The van der Waals surface area contributed by atoms with Gasteiger partial charge in [0.1, 0.15) is 11.7 Å². The molecule has 132 valence electrons. The summed E-state index contributed by atoms with van der Waals surface area (Å²) in [5.74, 6) is -4.44. The van der Waals surface area contributed by atoms with Crippen LogP contribution in [0.1, 0.15) is 18.5 Å². The third kappa shape index (κ3) is 3.14. The molecule has 0 spiro atoms. The summed E-state index contributed by atoms with van der Waals surface area (Å²) < 4.78 is 58.0. The average molecular weight is 350 g/mol. The summed E-state index contributed by atoms with van der Waals surface area (Å²) in [4.78, 5) is 23.7. The Morgan fingerprint density at radius 3 is 2.62 bits per heavy atom. The number of alkyl halides is 3. The Balaban J connectivity index is 2.57. The first-order valence-corrected chi connectivity index (χ1v) is 6.90. The SMILES string of the molecule is CCOC(=O)[C@@H]1[C@H](c2cccc(F)c2)NC(=O)N[C@]1(O)C(F)(F)F. The van der Waals surface area contributed by atoms with Gasteiger partial charge in [0.25, 0.3) is 5.72 Å². The lowest BCUT2D eigenvalue weighted by Crippen LogP contribution is -2.73. The fourth-order valence-electron chi connectivity index (χ4n) is 2.51. The van der Waals surface area contributed by atoms with Crippen molar-refractivity contribution in [3.05, 3.63) is 35.6 Å². The molecule has 0 saturated carbocycles. The van der Waals surface area contributed by atoms with Gasteiger partial charge in [-0.2, -0.15) is 13.2 Å². The Morgan fingerprint density at radius 2 is 2.08 bits per heavy atom. The van der Waals surface area contributed by atoms with E-state index in [0.717, 1.165) is 12.1 Å². The highest BCUT2D eigenvalue weighted by atomic mass is 19.4. The zero-order chi connectivity index (χ0) is 18.1. The average Bonchev–Trinajstić information content (AvgIpc) is 2.45. The quantitative estimate of drug-likeness (QED) is 0.571. The maximum Gasteiger partial charge on any atom is 0.437 e. The first kappa shape index (κ1) is 18.0. The van der Waals surface area contributed by atoms with E-state index in [1.807, 2.05) is 0 Å².